The van der Waals surface area contributed by atoms with Crippen LogP contribution in [0, 0.1) is 0 Å². The topological polar surface area (TPSA) is 103 Å². The van der Waals surface area contributed by atoms with Crippen molar-refractivity contribution in [3.63, 3.8) is 0 Å². The monoisotopic (exact) mass is 256 g/mol. The van der Waals surface area contributed by atoms with Crippen molar-refractivity contribution >= 4 is 11.9 Å². The van der Waals surface area contributed by atoms with E-state index in [1.54, 1.807) is 6.07 Å². The van der Waals surface area contributed by atoms with Crippen LogP contribution in [0.4, 0.5) is 0 Å². The molecule has 7 nitrogen and oxygen atoms in total. The molecule has 0 saturated carbocycles. The molecule has 3 N–H and O–H groups in total. The number of nitrogens with one attached hydrogen (secondary N) is 1. The summed E-state index contributed by atoms with van der Waals surface area (Å²) in [6.07, 6.45) is 0. The lowest BCUT2D eigenvalue weighted by atomic mass is 10.4. The molecule has 0 bridgehead atoms. The van der Waals surface area contributed by atoms with Crippen molar-refractivity contribution in [3.05, 3.63) is 23.7 Å². The second-order valence-corrected chi connectivity index (χ2v) is 3.80. The van der Waals surface area contributed by atoms with E-state index in [0.717, 1.165) is 0 Å². The molecule has 1 aromatic heterocycles. The molecule has 0 unspecified atom stereocenters. The maximum absolute atomic E-state index is 11.5. The fourth-order valence-corrected chi connectivity index (χ4v) is 1.34. The fourth-order valence-electron chi connectivity index (χ4n) is 1.34. The van der Waals surface area contributed by atoms with Crippen LogP contribution >= 0.6 is 0 Å². The SMILES string of the molecule is CN(CCO)Cc1ccc(C(=O)NCC(=O)O)o1. The number of furan rings is 1. The van der Waals surface area contributed by atoms with Crippen LogP contribution in [0.25, 0.3) is 0 Å². The molecule has 0 atom stereocenters. The van der Waals surface area contributed by atoms with E-state index in [2.05, 4.69) is 5.32 Å². The van der Waals surface area contributed by atoms with Crippen LogP contribution in [0.15, 0.2) is 16.5 Å². The van der Waals surface area contributed by atoms with E-state index in [-0.39, 0.29) is 12.4 Å². The Morgan fingerprint density at radius 3 is 2.78 bits per heavy atom. The summed E-state index contributed by atoms with van der Waals surface area (Å²) in [4.78, 5) is 23.6. The average Bonchev–Trinajstić information content (AvgIpc) is 2.74. The van der Waals surface area contributed by atoms with E-state index in [4.69, 9.17) is 14.6 Å². The number of aliphatic carboxylic acids is 1. The Morgan fingerprint density at radius 2 is 2.17 bits per heavy atom. The molecule has 0 aromatic carbocycles. The minimum atomic E-state index is -1.11. The van der Waals surface area contributed by atoms with Crippen LogP contribution < -0.4 is 5.32 Å². The first-order valence-corrected chi connectivity index (χ1v) is 5.41. The van der Waals surface area contributed by atoms with Gasteiger partial charge in [-0.3, -0.25) is 14.5 Å². The van der Waals surface area contributed by atoms with E-state index in [0.29, 0.717) is 18.8 Å². The summed E-state index contributed by atoms with van der Waals surface area (Å²) in [5, 5.41) is 19.4. The highest BCUT2D eigenvalue weighted by Gasteiger charge is 2.12. The lowest BCUT2D eigenvalue weighted by molar-refractivity contribution is -0.135. The van der Waals surface area contributed by atoms with Crippen molar-refractivity contribution < 1.29 is 24.2 Å². The predicted molar refractivity (Wildman–Crippen MR) is 62.1 cm³/mol. The van der Waals surface area contributed by atoms with Gasteiger partial charge in [-0.25, -0.2) is 0 Å². The van der Waals surface area contributed by atoms with Gasteiger partial charge in [0.15, 0.2) is 5.76 Å². The second-order valence-electron chi connectivity index (χ2n) is 3.80. The summed E-state index contributed by atoms with van der Waals surface area (Å²) in [6.45, 7) is 0.566. The number of carbonyl (C=O) groups is 2. The van der Waals surface area contributed by atoms with E-state index >= 15 is 0 Å². The number of nitrogens with zero attached hydrogens (tertiary/aromatic N) is 1. The molecule has 0 aliphatic heterocycles. The number of carboxylic acids is 1. The van der Waals surface area contributed by atoms with Gasteiger partial charge in [0.1, 0.15) is 12.3 Å². The number of carboxylic acid groups (broad SMARTS) is 1. The zero-order valence-corrected chi connectivity index (χ0v) is 10.0. The van der Waals surface area contributed by atoms with Gasteiger partial charge >= 0.3 is 5.97 Å². The molecule has 1 aromatic rings. The third-order valence-electron chi connectivity index (χ3n) is 2.19. The van der Waals surface area contributed by atoms with Crippen LogP contribution in [0.2, 0.25) is 0 Å². The Morgan fingerprint density at radius 1 is 1.44 bits per heavy atom. The summed E-state index contributed by atoms with van der Waals surface area (Å²) in [5.41, 5.74) is 0. The molecular formula is C11H16N2O5. The molecule has 0 aliphatic rings. The van der Waals surface area contributed by atoms with Crippen molar-refractivity contribution in [2.24, 2.45) is 0 Å². The predicted octanol–water partition coefficient (Wildman–Crippen LogP) is -0.482. The molecule has 1 heterocycles. The summed E-state index contributed by atoms with van der Waals surface area (Å²) in [7, 11) is 1.81. The average molecular weight is 256 g/mol. The zero-order chi connectivity index (χ0) is 13.5. The van der Waals surface area contributed by atoms with E-state index in [1.807, 2.05) is 11.9 Å². The van der Waals surface area contributed by atoms with Gasteiger partial charge in [-0.15, -0.1) is 0 Å². The van der Waals surface area contributed by atoms with Crippen molar-refractivity contribution in [2.75, 3.05) is 26.7 Å². The second kappa shape index (κ2) is 6.77. The first-order chi connectivity index (χ1) is 8.52. The van der Waals surface area contributed by atoms with Crippen molar-refractivity contribution in [2.45, 2.75) is 6.54 Å². The van der Waals surface area contributed by atoms with Crippen molar-refractivity contribution in [1.29, 1.82) is 0 Å². The Balaban J connectivity index is 2.51. The van der Waals surface area contributed by atoms with E-state index < -0.39 is 18.4 Å². The molecule has 0 spiro atoms. The third-order valence-corrected chi connectivity index (χ3v) is 2.19. The van der Waals surface area contributed by atoms with Crippen molar-refractivity contribution in [3.8, 4) is 0 Å². The number of rotatable bonds is 7. The summed E-state index contributed by atoms with van der Waals surface area (Å²) in [5.74, 6) is -1.03. The smallest absolute Gasteiger partial charge is 0.322 e. The molecule has 0 fully saturated rings. The minimum absolute atomic E-state index is 0.0448. The van der Waals surface area contributed by atoms with Crippen LogP contribution in [-0.2, 0) is 11.3 Å². The summed E-state index contributed by atoms with van der Waals surface area (Å²) < 4.78 is 5.27. The number of hydrogen-bond acceptors (Lipinski definition) is 5. The summed E-state index contributed by atoms with van der Waals surface area (Å²) in [6, 6.07) is 3.13. The highest BCUT2D eigenvalue weighted by atomic mass is 16.4. The number of carbonyl (C=O) groups excluding carboxylic acids is 1. The van der Waals surface area contributed by atoms with Gasteiger partial charge in [0.2, 0.25) is 0 Å². The van der Waals surface area contributed by atoms with Crippen LogP contribution in [0.5, 0.6) is 0 Å². The van der Waals surface area contributed by atoms with E-state index in [9.17, 15) is 9.59 Å². The minimum Gasteiger partial charge on any atom is -0.480 e. The molecule has 0 aliphatic carbocycles. The fraction of sp³-hybridized carbons (Fsp3) is 0.455. The lowest BCUT2D eigenvalue weighted by Crippen LogP contribution is -2.28. The lowest BCUT2D eigenvalue weighted by Gasteiger charge is -2.12. The first kappa shape index (κ1) is 14.2. The van der Waals surface area contributed by atoms with Crippen LogP contribution in [0.1, 0.15) is 16.3 Å². The Hall–Kier alpha value is -1.86. The molecule has 18 heavy (non-hydrogen) atoms. The molecule has 1 rings (SSSR count). The molecular weight excluding hydrogens is 240 g/mol. The van der Waals surface area contributed by atoms with Gasteiger partial charge in [0.05, 0.1) is 13.2 Å². The molecule has 0 radical (unpaired) electrons. The van der Waals surface area contributed by atoms with Gasteiger partial charge in [-0.2, -0.15) is 0 Å². The Labute approximate surface area is 104 Å². The standard InChI is InChI=1S/C11H16N2O5/c1-13(4-5-14)7-8-2-3-9(18-8)11(17)12-6-10(15)16/h2-3,14H,4-7H2,1H3,(H,12,17)(H,15,16). The molecule has 0 saturated heterocycles. The highest BCUT2D eigenvalue weighted by molar-refractivity contribution is 5.93. The molecule has 7 heteroatoms. The number of likely N-dealkylation sites (N-methyl/N-ethyl adjacent to an activating group) is 1. The maximum Gasteiger partial charge on any atom is 0.322 e. The van der Waals surface area contributed by atoms with Crippen LogP contribution in [-0.4, -0.2) is 53.7 Å². The summed E-state index contributed by atoms with van der Waals surface area (Å²) >= 11 is 0. The van der Waals surface area contributed by atoms with Gasteiger partial charge < -0.3 is 19.9 Å². The first-order valence-electron chi connectivity index (χ1n) is 5.41. The number of aliphatic hydroxyl groups excluding tert-OH is 1. The van der Waals surface area contributed by atoms with Crippen LogP contribution in [0.3, 0.4) is 0 Å². The normalized spacial score (nSPS) is 10.6. The number of aliphatic hydroxyl groups is 1. The highest BCUT2D eigenvalue weighted by Crippen LogP contribution is 2.09. The third kappa shape index (κ3) is 4.56. The quantitative estimate of drug-likeness (QED) is 0.608. The molecule has 100 valence electrons. The maximum atomic E-state index is 11.5. The zero-order valence-electron chi connectivity index (χ0n) is 10.0. The van der Waals surface area contributed by atoms with Gasteiger partial charge in [0.25, 0.3) is 5.91 Å². The Bertz CT molecular complexity index is 415. The molecule has 1 amide bonds. The van der Waals surface area contributed by atoms with Gasteiger partial charge in [-0.1, -0.05) is 0 Å². The number of amides is 1. The number of hydrogen-bond donors (Lipinski definition) is 3. The van der Waals surface area contributed by atoms with Crippen molar-refractivity contribution in [1.82, 2.24) is 10.2 Å². The van der Waals surface area contributed by atoms with Gasteiger partial charge in [0, 0.05) is 6.54 Å². The van der Waals surface area contributed by atoms with E-state index in [1.165, 1.54) is 6.07 Å². The van der Waals surface area contributed by atoms with Gasteiger partial charge in [-0.05, 0) is 19.2 Å². The largest absolute Gasteiger partial charge is 0.480 e. The Kier molecular flexibility index (Phi) is 5.34.